The number of carbonyl (C=O) groups excluding carboxylic acids is 2. The van der Waals surface area contributed by atoms with Gasteiger partial charge in [0.2, 0.25) is 5.91 Å². The summed E-state index contributed by atoms with van der Waals surface area (Å²) in [4.78, 5) is 57.4. The minimum absolute atomic E-state index is 0.0875. The maximum Gasteiger partial charge on any atom is 0.326 e. The van der Waals surface area contributed by atoms with Crippen LogP contribution in [0, 0.1) is 0 Å². The van der Waals surface area contributed by atoms with Gasteiger partial charge in [-0.15, -0.1) is 0 Å². The molecule has 0 fully saturated rings. The molecule has 2 heterocycles. The van der Waals surface area contributed by atoms with Crippen molar-refractivity contribution in [2.24, 2.45) is 19.8 Å². The average molecular weight is 592 g/mol. The maximum atomic E-state index is 12.4. The van der Waals surface area contributed by atoms with Crippen molar-refractivity contribution in [1.29, 1.82) is 0 Å². The Morgan fingerprint density at radius 1 is 0.881 bits per heavy atom. The van der Waals surface area contributed by atoms with E-state index in [-0.39, 0.29) is 31.7 Å². The first-order valence-electron chi connectivity index (χ1n) is 14.2. The molecule has 0 spiro atoms. The summed E-state index contributed by atoms with van der Waals surface area (Å²) in [6, 6.07) is -2.39. The van der Waals surface area contributed by atoms with Gasteiger partial charge in [-0.25, -0.2) is 19.6 Å². The van der Waals surface area contributed by atoms with E-state index >= 15 is 0 Å². The number of hydrogen-bond donors (Lipinski definition) is 6. The van der Waals surface area contributed by atoms with Crippen molar-refractivity contribution in [1.82, 2.24) is 40.0 Å². The van der Waals surface area contributed by atoms with E-state index in [1.54, 1.807) is 12.4 Å². The molecule has 234 valence electrons. The smallest absolute Gasteiger partial charge is 0.326 e. The lowest BCUT2D eigenvalue weighted by Gasteiger charge is -2.22. The summed E-state index contributed by atoms with van der Waals surface area (Å²) < 4.78 is 3.99. The molecule has 3 amide bonds. The van der Waals surface area contributed by atoms with Gasteiger partial charge in [-0.2, -0.15) is 0 Å². The Bertz CT molecular complexity index is 1090. The third kappa shape index (κ3) is 13.1. The Morgan fingerprint density at radius 3 is 2.02 bits per heavy atom. The summed E-state index contributed by atoms with van der Waals surface area (Å²) in [6.45, 7) is 2.64. The zero-order valence-electron chi connectivity index (χ0n) is 24.5. The Labute approximate surface area is 245 Å². The Balaban J connectivity index is 1.64. The molecule has 2 aromatic rings. The van der Waals surface area contributed by atoms with E-state index in [2.05, 4.69) is 30.8 Å². The maximum absolute atomic E-state index is 12.4. The highest BCUT2D eigenvalue weighted by atomic mass is 16.4. The topological polar surface area (TPSA) is 210 Å². The molecular formula is C27H45N9O6. The van der Waals surface area contributed by atoms with E-state index in [4.69, 9.17) is 10.8 Å². The van der Waals surface area contributed by atoms with Gasteiger partial charge in [0.25, 0.3) is 0 Å². The molecule has 0 aromatic carbocycles. The number of aliphatic carboxylic acids is 2. The van der Waals surface area contributed by atoms with Crippen LogP contribution < -0.4 is 21.7 Å². The molecular weight excluding hydrogens is 546 g/mol. The van der Waals surface area contributed by atoms with Gasteiger partial charge in [-0.1, -0.05) is 6.42 Å². The largest absolute Gasteiger partial charge is 0.481 e. The number of amides is 3. The molecule has 0 aliphatic heterocycles. The predicted octanol–water partition coefficient (Wildman–Crippen LogP) is 0.557. The number of nitrogens with two attached hydrogens (primary N) is 1. The number of nitrogens with zero attached hydrogens (tertiary/aromatic N) is 5. The van der Waals surface area contributed by atoms with E-state index < -0.39 is 30.1 Å². The van der Waals surface area contributed by atoms with E-state index in [0.29, 0.717) is 38.9 Å². The Kier molecular flexibility index (Phi) is 15.0. The number of urea groups is 1. The predicted molar refractivity (Wildman–Crippen MR) is 154 cm³/mol. The SMILES string of the molecule is Cn1ccnc1CN(CCCC[C@H](N)C(=O)NCCCC[C@H](NC(=O)NCCCC(=O)O)C(=O)O)Cc1nccn1C. The van der Waals surface area contributed by atoms with Crippen LogP contribution in [0.4, 0.5) is 4.79 Å². The van der Waals surface area contributed by atoms with Gasteiger partial charge in [0.15, 0.2) is 0 Å². The van der Waals surface area contributed by atoms with Crippen molar-refractivity contribution in [3.8, 4) is 0 Å². The molecule has 42 heavy (non-hydrogen) atoms. The van der Waals surface area contributed by atoms with Crippen LogP contribution in [0.5, 0.6) is 0 Å². The number of aryl methyl sites for hydroxylation is 2. The van der Waals surface area contributed by atoms with E-state index in [1.807, 2.05) is 35.6 Å². The van der Waals surface area contributed by atoms with Crippen LogP contribution in [0.25, 0.3) is 0 Å². The average Bonchev–Trinajstić information content (AvgIpc) is 3.54. The fourth-order valence-corrected chi connectivity index (χ4v) is 4.27. The first-order valence-corrected chi connectivity index (χ1v) is 14.2. The van der Waals surface area contributed by atoms with Crippen molar-refractivity contribution in [2.75, 3.05) is 19.6 Å². The monoisotopic (exact) mass is 591 g/mol. The number of hydrogen-bond acceptors (Lipinski definition) is 8. The molecule has 15 nitrogen and oxygen atoms in total. The summed E-state index contributed by atoms with van der Waals surface area (Å²) in [6.07, 6.45) is 10.9. The van der Waals surface area contributed by atoms with Gasteiger partial charge < -0.3 is 41.0 Å². The molecule has 0 radical (unpaired) electrons. The molecule has 2 aromatic heterocycles. The summed E-state index contributed by atoms with van der Waals surface area (Å²) >= 11 is 0. The van der Waals surface area contributed by atoms with Crippen molar-refractivity contribution >= 4 is 23.9 Å². The summed E-state index contributed by atoms with van der Waals surface area (Å²) in [7, 11) is 3.93. The van der Waals surface area contributed by atoms with Gasteiger partial charge in [0, 0.05) is 58.4 Å². The van der Waals surface area contributed by atoms with Crippen LogP contribution in [0.15, 0.2) is 24.8 Å². The van der Waals surface area contributed by atoms with E-state index in [0.717, 1.165) is 31.0 Å². The molecule has 0 aliphatic carbocycles. The van der Waals surface area contributed by atoms with E-state index in [1.165, 1.54) is 0 Å². The van der Waals surface area contributed by atoms with Crippen LogP contribution in [0.1, 0.15) is 63.0 Å². The molecule has 7 N–H and O–H groups in total. The standard InChI is InChI=1S/C27H45N9O6/c1-34-16-13-29-22(34)18-36(19-23-30-14-17-35(23)2)15-6-4-8-20(28)25(39)31-11-5-3-9-21(26(40)41)33-27(42)32-12-7-10-24(37)38/h13-14,16-17,20-21H,3-12,15,18-19,28H2,1-2H3,(H,31,39)(H,37,38)(H,40,41)(H2,32,33,42)/t20-,21-/m0/s1. The van der Waals surface area contributed by atoms with Gasteiger partial charge in [-0.3, -0.25) is 14.5 Å². The van der Waals surface area contributed by atoms with Gasteiger partial charge in [0.05, 0.1) is 19.1 Å². The molecule has 2 atom stereocenters. The zero-order valence-corrected chi connectivity index (χ0v) is 24.5. The summed E-state index contributed by atoms with van der Waals surface area (Å²) in [5.41, 5.74) is 6.10. The number of nitrogens with one attached hydrogen (secondary N) is 3. The molecule has 2 rings (SSSR count). The van der Waals surface area contributed by atoms with Crippen LogP contribution in [0.2, 0.25) is 0 Å². The van der Waals surface area contributed by atoms with Gasteiger partial charge in [0.1, 0.15) is 17.7 Å². The number of carboxylic acids is 2. The lowest BCUT2D eigenvalue weighted by atomic mass is 10.1. The Hall–Kier alpha value is -3.98. The summed E-state index contributed by atoms with van der Waals surface area (Å²) in [5, 5.41) is 25.6. The first-order chi connectivity index (χ1) is 20.1. The number of unbranched alkanes of at least 4 members (excludes halogenated alkanes) is 2. The Morgan fingerprint density at radius 2 is 1.48 bits per heavy atom. The molecule has 0 bridgehead atoms. The van der Waals surface area contributed by atoms with Crippen LogP contribution in [-0.4, -0.2) is 89.8 Å². The number of aromatic nitrogens is 4. The van der Waals surface area contributed by atoms with Crippen LogP contribution in [-0.2, 0) is 41.6 Å². The fraction of sp³-hybridized carbons (Fsp3) is 0.630. The highest BCUT2D eigenvalue weighted by molar-refractivity contribution is 5.82. The second-order valence-corrected chi connectivity index (χ2v) is 10.3. The van der Waals surface area contributed by atoms with Crippen molar-refractivity contribution < 1.29 is 29.4 Å². The van der Waals surface area contributed by atoms with Gasteiger partial charge >= 0.3 is 18.0 Å². The third-order valence-corrected chi connectivity index (χ3v) is 6.82. The molecule has 15 heteroatoms. The number of rotatable bonds is 21. The quantitative estimate of drug-likeness (QED) is 0.111. The van der Waals surface area contributed by atoms with Crippen LogP contribution in [0.3, 0.4) is 0 Å². The number of imidazole rings is 2. The van der Waals surface area contributed by atoms with Crippen molar-refractivity contribution in [3.63, 3.8) is 0 Å². The minimum Gasteiger partial charge on any atom is -0.481 e. The van der Waals surface area contributed by atoms with Crippen LogP contribution >= 0.6 is 0 Å². The molecule has 0 saturated heterocycles. The lowest BCUT2D eigenvalue weighted by Crippen LogP contribution is -2.46. The fourth-order valence-electron chi connectivity index (χ4n) is 4.27. The molecule has 0 aliphatic rings. The van der Waals surface area contributed by atoms with Crippen molar-refractivity contribution in [3.05, 3.63) is 36.4 Å². The zero-order chi connectivity index (χ0) is 30.9. The second-order valence-electron chi connectivity index (χ2n) is 10.3. The second kappa shape index (κ2) is 18.5. The molecule has 0 saturated carbocycles. The highest BCUT2D eigenvalue weighted by Gasteiger charge is 2.20. The van der Waals surface area contributed by atoms with Crippen molar-refractivity contribution in [2.45, 2.75) is 76.5 Å². The number of carbonyl (C=O) groups is 4. The first kappa shape index (κ1) is 34.2. The number of carboxylic acid groups (broad SMARTS) is 2. The lowest BCUT2D eigenvalue weighted by molar-refractivity contribution is -0.139. The molecule has 0 unspecified atom stereocenters. The highest BCUT2D eigenvalue weighted by Crippen LogP contribution is 2.10. The third-order valence-electron chi connectivity index (χ3n) is 6.82. The normalized spacial score (nSPS) is 12.6. The van der Waals surface area contributed by atoms with Gasteiger partial charge in [-0.05, 0) is 45.1 Å². The minimum atomic E-state index is -1.17. The summed E-state index contributed by atoms with van der Waals surface area (Å²) in [5.74, 6) is -0.462. The van der Waals surface area contributed by atoms with E-state index in [9.17, 15) is 24.3 Å².